The number of anilines is 2. The zero-order valence-corrected chi connectivity index (χ0v) is 16.4. The second-order valence-corrected chi connectivity index (χ2v) is 7.58. The molecule has 1 unspecified atom stereocenters. The molecule has 4 rings (SSSR count). The fourth-order valence-electron chi connectivity index (χ4n) is 3.59. The number of fused-ring (bicyclic) bond motifs is 2. The number of rotatable bonds is 3. The number of benzene rings is 2. The van der Waals surface area contributed by atoms with Gasteiger partial charge in [0.05, 0.1) is 31.1 Å². The number of ether oxygens (including phenoxy) is 2. The molecule has 2 aliphatic heterocycles. The molecular weight excluding hydrogens is 396 g/mol. The third-order valence-electron chi connectivity index (χ3n) is 4.84. The molecule has 0 aliphatic carbocycles. The van der Waals surface area contributed by atoms with Crippen molar-refractivity contribution in [3.05, 3.63) is 59.2 Å². The molecule has 1 atom stereocenters. The van der Waals surface area contributed by atoms with E-state index in [-0.39, 0.29) is 34.4 Å². The molecule has 2 aromatic rings. The van der Waals surface area contributed by atoms with Gasteiger partial charge in [-0.2, -0.15) is 0 Å². The first kappa shape index (κ1) is 19.0. The summed E-state index contributed by atoms with van der Waals surface area (Å²) in [5, 5.41) is 2.81. The van der Waals surface area contributed by atoms with Gasteiger partial charge in [-0.05, 0) is 24.3 Å². The largest absolute Gasteiger partial charge is 0.465 e. The van der Waals surface area contributed by atoms with E-state index in [9.17, 15) is 19.2 Å². The predicted octanol–water partition coefficient (Wildman–Crippen LogP) is 2.14. The molecule has 1 N–H and O–H groups in total. The topological polar surface area (TPSA) is 102 Å². The van der Waals surface area contributed by atoms with Gasteiger partial charge in [0.1, 0.15) is 0 Å². The molecule has 1 fully saturated rings. The van der Waals surface area contributed by atoms with E-state index >= 15 is 0 Å². The van der Waals surface area contributed by atoms with Crippen molar-refractivity contribution in [1.82, 2.24) is 0 Å². The second-order valence-electron chi connectivity index (χ2n) is 6.41. The minimum Gasteiger partial charge on any atom is -0.465 e. The molecule has 2 aromatic carbocycles. The van der Waals surface area contributed by atoms with E-state index in [4.69, 9.17) is 9.47 Å². The Morgan fingerprint density at radius 1 is 1.03 bits per heavy atom. The van der Waals surface area contributed by atoms with E-state index in [1.807, 2.05) is 0 Å². The molecule has 1 spiro atoms. The number of hydrogen-bond acceptors (Lipinski definition) is 7. The summed E-state index contributed by atoms with van der Waals surface area (Å²) in [6.45, 7) is 0. The quantitative estimate of drug-likeness (QED) is 0.771. The van der Waals surface area contributed by atoms with Gasteiger partial charge < -0.3 is 14.8 Å². The highest BCUT2D eigenvalue weighted by molar-refractivity contribution is 8.02. The van der Waals surface area contributed by atoms with Crippen molar-refractivity contribution < 1.29 is 28.7 Å². The van der Waals surface area contributed by atoms with Crippen molar-refractivity contribution >= 4 is 46.9 Å². The molecule has 0 aromatic heterocycles. The molecule has 0 radical (unpaired) electrons. The third kappa shape index (κ3) is 2.77. The Hall–Kier alpha value is -3.33. The Bertz CT molecular complexity index is 1030. The fraction of sp³-hybridized carbons (Fsp3) is 0.200. The van der Waals surface area contributed by atoms with Gasteiger partial charge >= 0.3 is 11.9 Å². The zero-order chi connectivity index (χ0) is 20.8. The van der Waals surface area contributed by atoms with E-state index in [1.165, 1.54) is 49.1 Å². The number of carbonyl (C=O) groups excluding carboxylic acids is 4. The number of thioether (sulfide) groups is 1. The van der Waals surface area contributed by atoms with Crippen molar-refractivity contribution in [2.75, 3.05) is 30.2 Å². The molecule has 148 valence electrons. The number of nitrogens with zero attached hydrogens (tertiary/aromatic N) is 1. The molecule has 0 saturated carbocycles. The molecule has 2 heterocycles. The van der Waals surface area contributed by atoms with Crippen LogP contribution in [0.3, 0.4) is 0 Å². The SMILES string of the molecule is COC(=O)c1cc(C(=O)OC)cc(N2C(=O)CSC23C(=O)Nc2ccccc23)c1. The van der Waals surface area contributed by atoms with Crippen LogP contribution in [-0.4, -0.2) is 43.7 Å². The van der Waals surface area contributed by atoms with E-state index in [1.54, 1.807) is 24.3 Å². The third-order valence-corrected chi connectivity index (χ3v) is 6.23. The lowest BCUT2D eigenvalue weighted by Crippen LogP contribution is -2.47. The summed E-state index contributed by atoms with van der Waals surface area (Å²) < 4.78 is 9.53. The molecule has 9 heteroatoms. The standard InChI is InChI=1S/C20H16N2O6S/c1-27-17(24)11-7-12(18(25)28-2)9-13(8-11)22-16(23)10-29-20(22)14-5-3-4-6-15(14)21-19(20)26/h3-9H,10H2,1-2H3,(H,21,26). The second kappa shape index (κ2) is 6.93. The number of hydrogen-bond donors (Lipinski definition) is 1. The van der Waals surface area contributed by atoms with Gasteiger partial charge in [0.15, 0.2) is 0 Å². The molecule has 2 aliphatic rings. The van der Waals surface area contributed by atoms with Crippen LogP contribution in [0.2, 0.25) is 0 Å². The van der Waals surface area contributed by atoms with Crippen LogP contribution in [0.25, 0.3) is 0 Å². The summed E-state index contributed by atoms with van der Waals surface area (Å²) in [4.78, 5) is 50.2. The average molecular weight is 412 g/mol. The number of esters is 2. The van der Waals surface area contributed by atoms with Crippen LogP contribution in [0.1, 0.15) is 26.3 Å². The van der Waals surface area contributed by atoms with Gasteiger partial charge in [0.2, 0.25) is 10.8 Å². The first-order valence-corrected chi connectivity index (χ1v) is 9.60. The average Bonchev–Trinajstić information content (AvgIpc) is 3.24. The van der Waals surface area contributed by atoms with Crippen molar-refractivity contribution in [2.45, 2.75) is 4.87 Å². The molecule has 8 nitrogen and oxygen atoms in total. The molecule has 1 saturated heterocycles. The Morgan fingerprint density at radius 3 is 2.28 bits per heavy atom. The molecule has 0 bridgehead atoms. The molecular formula is C20H16N2O6S. The van der Waals surface area contributed by atoms with Crippen molar-refractivity contribution in [1.29, 1.82) is 0 Å². The van der Waals surface area contributed by atoms with Gasteiger partial charge in [-0.25, -0.2) is 9.59 Å². The van der Waals surface area contributed by atoms with Crippen LogP contribution in [0, 0.1) is 0 Å². The summed E-state index contributed by atoms with van der Waals surface area (Å²) in [5.41, 5.74) is 1.62. The van der Waals surface area contributed by atoms with Crippen LogP contribution in [0.5, 0.6) is 0 Å². The van der Waals surface area contributed by atoms with Gasteiger partial charge in [0.25, 0.3) is 5.91 Å². The lowest BCUT2D eigenvalue weighted by atomic mass is 10.0. The van der Waals surface area contributed by atoms with E-state index in [0.717, 1.165) is 0 Å². The Balaban J connectivity index is 1.93. The van der Waals surface area contributed by atoms with Crippen molar-refractivity contribution in [2.24, 2.45) is 0 Å². The van der Waals surface area contributed by atoms with Gasteiger partial charge in [-0.3, -0.25) is 14.5 Å². The highest BCUT2D eigenvalue weighted by Gasteiger charge is 2.58. The number of amides is 2. The summed E-state index contributed by atoms with van der Waals surface area (Å²) in [5.74, 6) is -1.97. The van der Waals surface area contributed by atoms with Crippen LogP contribution in [0.4, 0.5) is 11.4 Å². The summed E-state index contributed by atoms with van der Waals surface area (Å²) in [7, 11) is 2.43. The normalized spacial score (nSPS) is 19.9. The summed E-state index contributed by atoms with van der Waals surface area (Å²) in [6.07, 6.45) is 0. The van der Waals surface area contributed by atoms with Crippen LogP contribution in [0.15, 0.2) is 42.5 Å². The number of para-hydroxylation sites is 1. The minimum absolute atomic E-state index is 0.0666. The summed E-state index contributed by atoms with van der Waals surface area (Å²) >= 11 is 1.19. The van der Waals surface area contributed by atoms with Gasteiger partial charge in [-0.1, -0.05) is 18.2 Å². The van der Waals surface area contributed by atoms with Crippen LogP contribution >= 0.6 is 11.8 Å². The lowest BCUT2D eigenvalue weighted by Gasteiger charge is -2.32. The Morgan fingerprint density at radius 2 is 1.66 bits per heavy atom. The molecule has 29 heavy (non-hydrogen) atoms. The highest BCUT2D eigenvalue weighted by Crippen LogP contribution is 2.53. The lowest BCUT2D eigenvalue weighted by molar-refractivity contribution is -0.122. The van der Waals surface area contributed by atoms with E-state index in [0.29, 0.717) is 11.3 Å². The predicted molar refractivity (Wildman–Crippen MR) is 106 cm³/mol. The van der Waals surface area contributed by atoms with E-state index < -0.39 is 16.8 Å². The number of nitrogens with one attached hydrogen (secondary N) is 1. The Kier molecular flexibility index (Phi) is 4.54. The maximum atomic E-state index is 13.0. The number of carbonyl (C=O) groups is 4. The van der Waals surface area contributed by atoms with E-state index in [2.05, 4.69) is 5.32 Å². The van der Waals surface area contributed by atoms with Gasteiger partial charge in [-0.15, -0.1) is 11.8 Å². The summed E-state index contributed by atoms with van der Waals surface area (Å²) in [6, 6.07) is 11.3. The minimum atomic E-state index is -1.32. The van der Waals surface area contributed by atoms with Gasteiger partial charge in [0, 0.05) is 16.9 Å². The first-order chi connectivity index (χ1) is 13.9. The van der Waals surface area contributed by atoms with Crippen LogP contribution in [-0.2, 0) is 23.9 Å². The highest BCUT2D eigenvalue weighted by atomic mass is 32.2. The number of methoxy groups -OCH3 is 2. The maximum absolute atomic E-state index is 13.0. The maximum Gasteiger partial charge on any atom is 0.337 e. The van der Waals surface area contributed by atoms with Crippen LogP contribution < -0.4 is 10.2 Å². The Labute approximate surface area is 170 Å². The zero-order valence-electron chi connectivity index (χ0n) is 15.6. The smallest absolute Gasteiger partial charge is 0.337 e. The van der Waals surface area contributed by atoms with Crippen molar-refractivity contribution in [3.63, 3.8) is 0 Å². The molecule has 2 amide bonds. The monoisotopic (exact) mass is 412 g/mol. The van der Waals surface area contributed by atoms with Crippen molar-refractivity contribution in [3.8, 4) is 0 Å². The fourth-order valence-corrected chi connectivity index (χ4v) is 4.90. The first-order valence-electron chi connectivity index (χ1n) is 8.62.